The Bertz CT molecular complexity index is 1170. The molecule has 2 aromatic carbocycles. The van der Waals surface area contributed by atoms with Crippen LogP contribution in [0.1, 0.15) is 22.3 Å². The second-order valence-electron chi connectivity index (χ2n) is 6.38. The molecule has 0 unspecified atom stereocenters. The van der Waals surface area contributed by atoms with E-state index >= 15 is 0 Å². The topological polar surface area (TPSA) is 79.0 Å². The molecule has 0 aliphatic carbocycles. The van der Waals surface area contributed by atoms with Gasteiger partial charge < -0.3 is 4.98 Å². The highest BCUT2D eigenvalue weighted by molar-refractivity contribution is 7.89. The van der Waals surface area contributed by atoms with Crippen LogP contribution in [0.5, 0.6) is 0 Å². The van der Waals surface area contributed by atoms with Gasteiger partial charge in [-0.1, -0.05) is 0 Å². The molecule has 0 bridgehead atoms. The summed E-state index contributed by atoms with van der Waals surface area (Å²) in [5.74, 6) is -0.502. The number of fused-ring (bicyclic) bond motifs is 1. The molecule has 0 radical (unpaired) electrons. The number of aromatic amines is 1. The quantitative estimate of drug-likeness (QED) is 0.737. The van der Waals surface area contributed by atoms with Gasteiger partial charge in [-0.2, -0.15) is 0 Å². The molecule has 3 aromatic rings. The molecule has 0 fully saturated rings. The first kappa shape index (κ1) is 18.3. The number of hydrogen-bond acceptors (Lipinski definition) is 3. The van der Waals surface area contributed by atoms with Gasteiger partial charge in [0.15, 0.2) is 0 Å². The van der Waals surface area contributed by atoms with Crippen LogP contribution in [0.15, 0.2) is 46.1 Å². The fraction of sp³-hybridized carbons (Fsp3) is 0.211. The van der Waals surface area contributed by atoms with Crippen molar-refractivity contribution in [2.75, 3.05) is 0 Å². The number of aromatic nitrogens is 1. The third-order valence-corrected chi connectivity index (χ3v) is 5.98. The van der Waals surface area contributed by atoms with Crippen molar-refractivity contribution in [3.05, 3.63) is 74.8 Å². The predicted octanol–water partition coefficient (Wildman–Crippen LogP) is 3.07. The Balaban J connectivity index is 1.92. The zero-order valence-corrected chi connectivity index (χ0v) is 15.5. The van der Waals surface area contributed by atoms with Gasteiger partial charge in [0.05, 0.1) is 4.90 Å². The van der Waals surface area contributed by atoms with E-state index in [1.165, 1.54) is 13.0 Å². The van der Waals surface area contributed by atoms with E-state index in [-0.39, 0.29) is 17.0 Å². The highest BCUT2D eigenvalue weighted by atomic mass is 32.2. The minimum Gasteiger partial charge on any atom is -0.322 e. The summed E-state index contributed by atoms with van der Waals surface area (Å²) in [4.78, 5) is 15.0. The smallest absolute Gasteiger partial charge is 0.252 e. The molecule has 1 heterocycles. The van der Waals surface area contributed by atoms with Gasteiger partial charge >= 0.3 is 0 Å². The number of aryl methyl sites for hydroxylation is 3. The van der Waals surface area contributed by atoms with E-state index in [1.807, 2.05) is 26.0 Å². The van der Waals surface area contributed by atoms with Crippen molar-refractivity contribution in [3.63, 3.8) is 0 Å². The van der Waals surface area contributed by atoms with Crippen molar-refractivity contribution in [1.82, 2.24) is 9.71 Å². The second kappa shape index (κ2) is 6.66. The van der Waals surface area contributed by atoms with E-state index in [0.717, 1.165) is 28.6 Å². The fourth-order valence-corrected chi connectivity index (χ4v) is 4.05. The molecule has 1 aromatic heterocycles. The van der Waals surface area contributed by atoms with Crippen LogP contribution in [0.3, 0.4) is 0 Å². The number of sulfonamides is 1. The van der Waals surface area contributed by atoms with E-state index in [2.05, 4.69) is 9.71 Å². The number of rotatable bonds is 4. The van der Waals surface area contributed by atoms with Gasteiger partial charge in [0.1, 0.15) is 5.82 Å². The number of benzene rings is 2. The lowest BCUT2D eigenvalue weighted by molar-refractivity contribution is 0.579. The monoisotopic (exact) mass is 374 g/mol. The maximum atomic E-state index is 13.2. The van der Waals surface area contributed by atoms with Crippen LogP contribution < -0.4 is 10.3 Å². The third kappa shape index (κ3) is 3.54. The molecule has 2 N–H and O–H groups in total. The molecular weight excluding hydrogens is 355 g/mol. The van der Waals surface area contributed by atoms with Crippen molar-refractivity contribution in [2.45, 2.75) is 32.2 Å². The first-order valence-electron chi connectivity index (χ1n) is 8.06. The summed E-state index contributed by atoms with van der Waals surface area (Å²) in [6, 6.07) is 8.98. The van der Waals surface area contributed by atoms with E-state index < -0.39 is 15.8 Å². The van der Waals surface area contributed by atoms with Gasteiger partial charge in [-0.25, -0.2) is 17.5 Å². The zero-order valence-electron chi connectivity index (χ0n) is 14.7. The molecule has 0 amide bonds. The van der Waals surface area contributed by atoms with E-state index in [0.29, 0.717) is 16.6 Å². The SMILES string of the molecule is Cc1cc2cc(CNS(=O)(=O)c3ccc(F)cc3C)c(=O)[nH]c2cc1C. The number of pyridine rings is 1. The average Bonchev–Trinajstić information content (AvgIpc) is 2.54. The summed E-state index contributed by atoms with van der Waals surface area (Å²) in [7, 11) is -3.86. The number of H-pyrrole nitrogens is 1. The lowest BCUT2D eigenvalue weighted by atomic mass is 10.1. The van der Waals surface area contributed by atoms with Crippen LogP contribution in [-0.2, 0) is 16.6 Å². The molecule has 0 spiro atoms. The molecule has 3 rings (SSSR count). The van der Waals surface area contributed by atoms with Crippen LogP contribution >= 0.6 is 0 Å². The van der Waals surface area contributed by atoms with Crippen molar-refractivity contribution >= 4 is 20.9 Å². The van der Waals surface area contributed by atoms with Gasteiger partial charge in [0.25, 0.3) is 5.56 Å². The Morgan fingerprint density at radius 1 is 1.00 bits per heavy atom. The first-order valence-corrected chi connectivity index (χ1v) is 9.55. The normalized spacial score (nSPS) is 11.8. The Morgan fingerprint density at radius 2 is 1.69 bits per heavy atom. The summed E-state index contributed by atoms with van der Waals surface area (Å²) in [6.07, 6.45) is 0. The van der Waals surface area contributed by atoms with Gasteiger partial charge in [0.2, 0.25) is 10.0 Å². The lowest BCUT2D eigenvalue weighted by Gasteiger charge is -2.10. The maximum Gasteiger partial charge on any atom is 0.252 e. The van der Waals surface area contributed by atoms with Crippen molar-refractivity contribution in [1.29, 1.82) is 0 Å². The van der Waals surface area contributed by atoms with Gasteiger partial charge in [-0.3, -0.25) is 4.79 Å². The molecular formula is C19H19FN2O3S. The summed E-state index contributed by atoms with van der Waals surface area (Å²) in [6.45, 7) is 5.29. The third-order valence-electron chi connectivity index (χ3n) is 4.41. The lowest BCUT2D eigenvalue weighted by Crippen LogP contribution is -2.27. The molecule has 0 saturated heterocycles. The minimum absolute atomic E-state index is 0.0115. The Kier molecular flexibility index (Phi) is 4.68. The zero-order chi connectivity index (χ0) is 19.1. The summed E-state index contributed by atoms with van der Waals surface area (Å²) < 4.78 is 40.5. The molecule has 136 valence electrons. The molecule has 0 atom stereocenters. The summed E-state index contributed by atoms with van der Waals surface area (Å²) in [5, 5.41) is 0.833. The highest BCUT2D eigenvalue weighted by Crippen LogP contribution is 2.18. The van der Waals surface area contributed by atoms with Crippen molar-refractivity contribution < 1.29 is 12.8 Å². The number of hydrogen-bond donors (Lipinski definition) is 2. The average molecular weight is 374 g/mol. The molecule has 7 heteroatoms. The molecule has 26 heavy (non-hydrogen) atoms. The molecule has 0 aliphatic rings. The number of halogens is 1. The van der Waals surface area contributed by atoms with Crippen LogP contribution in [0, 0.1) is 26.6 Å². The van der Waals surface area contributed by atoms with Crippen LogP contribution in [0.4, 0.5) is 4.39 Å². The van der Waals surface area contributed by atoms with E-state index in [1.54, 1.807) is 6.07 Å². The van der Waals surface area contributed by atoms with Gasteiger partial charge in [-0.05, 0) is 79.2 Å². The largest absolute Gasteiger partial charge is 0.322 e. The number of nitrogens with one attached hydrogen (secondary N) is 2. The van der Waals surface area contributed by atoms with E-state index in [9.17, 15) is 17.6 Å². The fourth-order valence-electron chi connectivity index (χ4n) is 2.82. The van der Waals surface area contributed by atoms with Crippen molar-refractivity contribution in [2.24, 2.45) is 0 Å². The first-order chi connectivity index (χ1) is 12.2. The van der Waals surface area contributed by atoms with E-state index in [4.69, 9.17) is 0 Å². The van der Waals surface area contributed by atoms with Crippen LogP contribution in [-0.4, -0.2) is 13.4 Å². The predicted molar refractivity (Wildman–Crippen MR) is 99.2 cm³/mol. The van der Waals surface area contributed by atoms with Gasteiger partial charge in [-0.15, -0.1) is 0 Å². The summed E-state index contributed by atoms with van der Waals surface area (Å²) >= 11 is 0. The molecule has 5 nitrogen and oxygen atoms in total. The summed E-state index contributed by atoms with van der Waals surface area (Å²) in [5.41, 5.74) is 3.12. The van der Waals surface area contributed by atoms with Gasteiger partial charge in [0, 0.05) is 17.6 Å². The minimum atomic E-state index is -3.86. The Hall–Kier alpha value is -2.51. The van der Waals surface area contributed by atoms with Crippen LogP contribution in [0.2, 0.25) is 0 Å². The molecule has 0 saturated carbocycles. The van der Waals surface area contributed by atoms with Crippen LogP contribution in [0.25, 0.3) is 10.9 Å². The highest BCUT2D eigenvalue weighted by Gasteiger charge is 2.17. The van der Waals surface area contributed by atoms with Crippen molar-refractivity contribution in [3.8, 4) is 0 Å². The maximum absolute atomic E-state index is 13.2. The Labute approximate surface area is 150 Å². The molecule has 0 aliphatic heterocycles. The second-order valence-corrected chi connectivity index (χ2v) is 8.12. The standard InChI is InChI=1S/C19H19FN2O3S/c1-11-6-14-9-15(19(23)22-17(14)8-12(11)2)10-21-26(24,25)18-5-4-16(20)7-13(18)3/h4-9,21H,10H2,1-3H3,(H,22,23). The Morgan fingerprint density at radius 3 is 2.38 bits per heavy atom.